The minimum Gasteiger partial charge on any atom is -0.399 e. The Morgan fingerprint density at radius 3 is 2.53 bits per heavy atom. The van der Waals surface area contributed by atoms with Gasteiger partial charge in [0, 0.05) is 11.8 Å². The molecule has 98 valence electrons. The van der Waals surface area contributed by atoms with E-state index in [1.54, 1.807) is 12.1 Å². The van der Waals surface area contributed by atoms with Crippen LogP contribution in [0.3, 0.4) is 0 Å². The summed E-state index contributed by atoms with van der Waals surface area (Å²) in [6.45, 7) is 1.86. The van der Waals surface area contributed by atoms with Crippen LogP contribution in [0.5, 0.6) is 0 Å². The van der Waals surface area contributed by atoms with Crippen molar-refractivity contribution in [3.63, 3.8) is 0 Å². The molecule has 6 nitrogen and oxygen atoms in total. The first-order chi connectivity index (χ1) is 9.06. The summed E-state index contributed by atoms with van der Waals surface area (Å²) in [5.41, 5.74) is 7.03. The first-order valence-electron chi connectivity index (χ1n) is 5.78. The van der Waals surface area contributed by atoms with Gasteiger partial charge < -0.3 is 11.1 Å². The molecule has 0 saturated carbocycles. The highest BCUT2D eigenvalue weighted by Crippen LogP contribution is 2.14. The Labute approximate surface area is 109 Å². The van der Waals surface area contributed by atoms with E-state index in [1.165, 1.54) is 12.1 Å². The van der Waals surface area contributed by atoms with Crippen molar-refractivity contribution in [1.29, 1.82) is 0 Å². The smallest absolute Gasteiger partial charge is 0.272 e. The lowest BCUT2D eigenvalue weighted by Gasteiger charge is -2.13. The zero-order valence-corrected chi connectivity index (χ0v) is 10.4. The summed E-state index contributed by atoms with van der Waals surface area (Å²) in [5.74, 6) is -0.347. The molecule has 0 aliphatic heterocycles. The van der Waals surface area contributed by atoms with E-state index in [-0.39, 0.29) is 23.2 Å². The Kier molecular flexibility index (Phi) is 3.61. The quantitative estimate of drug-likeness (QED) is 0.710. The fourth-order valence-corrected chi connectivity index (χ4v) is 1.61. The van der Waals surface area contributed by atoms with Crippen LogP contribution in [0.15, 0.2) is 41.2 Å². The average molecular weight is 258 g/mol. The molecule has 6 heteroatoms. The maximum atomic E-state index is 11.9. The first kappa shape index (κ1) is 12.8. The number of anilines is 1. The molecular formula is C13H14N4O2. The molecule has 0 aliphatic carbocycles. The largest absolute Gasteiger partial charge is 0.399 e. The van der Waals surface area contributed by atoms with Crippen LogP contribution in [-0.2, 0) is 0 Å². The number of nitrogens with two attached hydrogens (primary N) is 1. The van der Waals surface area contributed by atoms with Gasteiger partial charge in [-0.2, -0.15) is 5.10 Å². The maximum Gasteiger partial charge on any atom is 0.272 e. The van der Waals surface area contributed by atoms with E-state index in [0.29, 0.717) is 5.69 Å². The Morgan fingerprint density at radius 2 is 1.95 bits per heavy atom. The van der Waals surface area contributed by atoms with Crippen molar-refractivity contribution in [1.82, 2.24) is 15.5 Å². The van der Waals surface area contributed by atoms with E-state index in [4.69, 9.17) is 5.73 Å². The number of benzene rings is 1. The number of nitrogens with one attached hydrogen (secondary N) is 2. The SMILES string of the molecule is CC(NC(=O)c1ccc(=O)[nH]n1)c1ccc(N)cc1. The Hall–Kier alpha value is -2.63. The van der Waals surface area contributed by atoms with Crippen molar-refractivity contribution in [2.45, 2.75) is 13.0 Å². The third-order valence-electron chi connectivity index (χ3n) is 2.70. The van der Waals surface area contributed by atoms with Crippen LogP contribution in [0.4, 0.5) is 5.69 Å². The number of carbonyl (C=O) groups excluding carboxylic acids is 1. The third kappa shape index (κ3) is 3.19. The zero-order chi connectivity index (χ0) is 13.8. The molecule has 0 fully saturated rings. The van der Waals surface area contributed by atoms with E-state index >= 15 is 0 Å². The van der Waals surface area contributed by atoms with E-state index < -0.39 is 0 Å². The van der Waals surface area contributed by atoms with Gasteiger partial charge in [0.15, 0.2) is 0 Å². The standard InChI is InChI=1S/C13H14N4O2/c1-8(9-2-4-10(14)5-3-9)15-13(19)11-6-7-12(18)17-16-11/h2-8H,14H2,1H3,(H,15,19)(H,17,18). The van der Waals surface area contributed by atoms with Crippen LogP contribution in [0.25, 0.3) is 0 Å². The number of amides is 1. The van der Waals surface area contributed by atoms with Crippen molar-refractivity contribution >= 4 is 11.6 Å². The molecule has 0 bridgehead atoms. The van der Waals surface area contributed by atoms with E-state index in [2.05, 4.69) is 15.5 Å². The normalized spacial score (nSPS) is 11.8. The van der Waals surface area contributed by atoms with Crippen LogP contribution in [-0.4, -0.2) is 16.1 Å². The molecule has 0 radical (unpaired) electrons. The molecule has 19 heavy (non-hydrogen) atoms. The molecule has 4 N–H and O–H groups in total. The summed E-state index contributed by atoms with van der Waals surface area (Å²) in [6, 6.07) is 9.70. The average Bonchev–Trinajstić information content (AvgIpc) is 2.40. The van der Waals surface area contributed by atoms with Gasteiger partial charge in [-0.3, -0.25) is 9.59 Å². The number of aromatic amines is 1. The number of carbonyl (C=O) groups is 1. The molecule has 0 aliphatic rings. The van der Waals surface area contributed by atoms with E-state index in [9.17, 15) is 9.59 Å². The van der Waals surface area contributed by atoms with E-state index in [1.807, 2.05) is 19.1 Å². The van der Waals surface area contributed by atoms with Crippen LogP contribution in [0.1, 0.15) is 29.0 Å². The second-order valence-corrected chi connectivity index (χ2v) is 4.17. The van der Waals surface area contributed by atoms with Gasteiger partial charge in [-0.1, -0.05) is 12.1 Å². The minimum absolute atomic E-state index is 0.168. The van der Waals surface area contributed by atoms with Crippen LogP contribution < -0.4 is 16.6 Å². The first-order valence-corrected chi connectivity index (χ1v) is 5.78. The van der Waals surface area contributed by atoms with Gasteiger partial charge in [0.1, 0.15) is 5.69 Å². The number of nitrogen functional groups attached to an aromatic ring is 1. The number of rotatable bonds is 3. The van der Waals surface area contributed by atoms with Gasteiger partial charge >= 0.3 is 0 Å². The van der Waals surface area contributed by atoms with Crippen molar-refractivity contribution < 1.29 is 4.79 Å². The molecule has 1 aromatic carbocycles. The fourth-order valence-electron chi connectivity index (χ4n) is 1.61. The molecule has 1 unspecified atom stereocenters. The van der Waals surface area contributed by atoms with Gasteiger partial charge in [0.05, 0.1) is 6.04 Å². The predicted octanol–water partition coefficient (Wildman–Crippen LogP) is 0.843. The fraction of sp³-hybridized carbons (Fsp3) is 0.154. The highest BCUT2D eigenvalue weighted by molar-refractivity contribution is 5.92. The molecular weight excluding hydrogens is 244 g/mol. The molecule has 2 aromatic rings. The van der Waals surface area contributed by atoms with Crippen LogP contribution >= 0.6 is 0 Å². The number of hydrogen-bond donors (Lipinski definition) is 3. The molecule has 1 atom stereocenters. The molecule has 0 spiro atoms. The summed E-state index contributed by atoms with van der Waals surface area (Å²) in [6.07, 6.45) is 0. The Balaban J connectivity index is 2.08. The molecule has 2 rings (SSSR count). The lowest BCUT2D eigenvalue weighted by Crippen LogP contribution is -2.28. The topological polar surface area (TPSA) is 101 Å². The second-order valence-electron chi connectivity index (χ2n) is 4.17. The van der Waals surface area contributed by atoms with Gasteiger partial charge in [-0.15, -0.1) is 0 Å². The highest BCUT2D eigenvalue weighted by atomic mass is 16.2. The lowest BCUT2D eigenvalue weighted by atomic mass is 10.1. The molecule has 1 heterocycles. The summed E-state index contributed by atoms with van der Waals surface area (Å²) in [7, 11) is 0. The number of H-pyrrole nitrogens is 1. The Morgan fingerprint density at radius 1 is 1.26 bits per heavy atom. The summed E-state index contributed by atoms with van der Waals surface area (Å²) < 4.78 is 0. The van der Waals surface area contributed by atoms with Crippen LogP contribution in [0, 0.1) is 0 Å². The Bertz CT molecular complexity index is 613. The van der Waals surface area contributed by atoms with Crippen molar-refractivity contribution in [2.24, 2.45) is 0 Å². The van der Waals surface area contributed by atoms with Gasteiger partial charge in [0.2, 0.25) is 0 Å². The summed E-state index contributed by atoms with van der Waals surface area (Å²) >= 11 is 0. The van der Waals surface area contributed by atoms with Gasteiger partial charge in [0.25, 0.3) is 11.5 Å². The number of nitrogens with zero attached hydrogens (tertiary/aromatic N) is 1. The van der Waals surface area contributed by atoms with Crippen molar-refractivity contribution in [3.05, 3.63) is 58.0 Å². The van der Waals surface area contributed by atoms with Gasteiger partial charge in [-0.25, -0.2) is 5.10 Å². The molecule has 1 amide bonds. The van der Waals surface area contributed by atoms with Gasteiger partial charge in [-0.05, 0) is 30.7 Å². The number of hydrogen-bond acceptors (Lipinski definition) is 4. The van der Waals surface area contributed by atoms with Crippen molar-refractivity contribution in [2.75, 3.05) is 5.73 Å². The summed E-state index contributed by atoms with van der Waals surface area (Å²) in [4.78, 5) is 22.7. The summed E-state index contributed by atoms with van der Waals surface area (Å²) in [5, 5.41) is 8.67. The zero-order valence-electron chi connectivity index (χ0n) is 10.4. The van der Waals surface area contributed by atoms with Crippen molar-refractivity contribution in [3.8, 4) is 0 Å². The highest BCUT2D eigenvalue weighted by Gasteiger charge is 2.12. The maximum absolute atomic E-state index is 11.9. The number of aromatic nitrogens is 2. The second kappa shape index (κ2) is 5.34. The predicted molar refractivity (Wildman–Crippen MR) is 71.6 cm³/mol. The molecule has 1 aromatic heterocycles. The third-order valence-corrected chi connectivity index (χ3v) is 2.70. The van der Waals surface area contributed by atoms with E-state index in [0.717, 1.165) is 5.56 Å². The monoisotopic (exact) mass is 258 g/mol. The van der Waals surface area contributed by atoms with Crippen LogP contribution in [0.2, 0.25) is 0 Å². The minimum atomic E-state index is -0.347. The molecule has 0 saturated heterocycles. The lowest BCUT2D eigenvalue weighted by molar-refractivity contribution is 0.0933.